The predicted octanol–water partition coefficient (Wildman–Crippen LogP) is 2.92. The van der Waals surface area contributed by atoms with Crippen LogP contribution in [-0.4, -0.2) is 4.98 Å². The molecule has 1 aromatic heterocycles. The standard InChI is InChI=1S/C12H10F2N2/c1-7-4-12(15)16-6-9(7)8-2-3-10(13)11(14)5-8/h2-6H,1H3,(H2,15,16). The van der Waals surface area contributed by atoms with Gasteiger partial charge in [0.25, 0.3) is 0 Å². The van der Waals surface area contributed by atoms with E-state index in [-0.39, 0.29) is 0 Å². The zero-order valence-corrected chi connectivity index (χ0v) is 8.67. The van der Waals surface area contributed by atoms with Crippen molar-refractivity contribution in [3.05, 3.63) is 47.7 Å². The average molecular weight is 220 g/mol. The highest BCUT2D eigenvalue weighted by Crippen LogP contribution is 2.24. The van der Waals surface area contributed by atoms with Gasteiger partial charge in [0, 0.05) is 11.8 Å². The zero-order valence-electron chi connectivity index (χ0n) is 8.67. The summed E-state index contributed by atoms with van der Waals surface area (Å²) in [6, 6.07) is 5.45. The van der Waals surface area contributed by atoms with E-state index in [1.54, 1.807) is 12.3 Å². The number of nitrogens with two attached hydrogens (primary N) is 1. The molecule has 0 saturated heterocycles. The molecule has 0 aliphatic carbocycles. The second kappa shape index (κ2) is 3.89. The minimum Gasteiger partial charge on any atom is -0.384 e. The third-order valence-electron chi connectivity index (χ3n) is 2.36. The van der Waals surface area contributed by atoms with Crippen LogP contribution in [-0.2, 0) is 0 Å². The maximum atomic E-state index is 13.1. The van der Waals surface area contributed by atoms with Crippen molar-refractivity contribution in [1.29, 1.82) is 0 Å². The summed E-state index contributed by atoms with van der Waals surface area (Å²) in [7, 11) is 0. The highest BCUT2D eigenvalue weighted by Gasteiger charge is 2.07. The van der Waals surface area contributed by atoms with E-state index in [1.165, 1.54) is 6.07 Å². The number of aryl methyl sites for hydroxylation is 1. The second-order valence-electron chi connectivity index (χ2n) is 3.55. The Kier molecular flexibility index (Phi) is 2.56. The van der Waals surface area contributed by atoms with Crippen LogP contribution < -0.4 is 5.73 Å². The molecular formula is C12H10F2N2. The van der Waals surface area contributed by atoms with Crippen molar-refractivity contribution in [3.63, 3.8) is 0 Å². The van der Waals surface area contributed by atoms with E-state index in [4.69, 9.17) is 5.73 Å². The van der Waals surface area contributed by atoms with Crippen molar-refractivity contribution in [2.24, 2.45) is 0 Å². The molecule has 0 fully saturated rings. The number of benzene rings is 1. The number of hydrogen-bond donors (Lipinski definition) is 1. The van der Waals surface area contributed by atoms with Gasteiger partial charge in [-0.2, -0.15) is 0 Å². The Bertz CT molecular complexity index is 539. The third-order valence-corrected chi connectivity index (χ3v) is 2.36. The minimum absolute atomic E-state index is 0.406. The molecule has 0 aliphatic rings. The molecule has 0 bridgehead atoms. The first kappa shape index (κ1) is 10.5. The first-order chi connectivity index (χ1) is 7.58. The lowest BCUT2D eigenvalue weighted by molar-refractivity contribution is 0.509. The van der Waals surface area contributed by atoms with Gasteiger partial charge in [-0.1, -0.05) is 6.07 Å². The van der Waals surface area contributed by atoms with E-state index in [9.17, 15) is 8.78 Å². The van der Waals surface area contributed by atoms with E-state index < -0.39 is 11.6 Å². The first-order valence-electron chi connectivity index (χ1n) is 4.75. The smallest absolute Gasteiger partial charge is 0.159 e. The summed E-state index contributed by atoms with van der Waals surface area (Å²) in [5, 5.41) is 0. The molecule has 82 valence electrons. The minimum atomic E-state index is -0.867. The number of pyridine rings is 1. The van der Waals surface area contributed by atoms with Crippen LogP contribution in [0.5, 0.6) is 0 Å². The molecule has 1 heterocycles. The van der Waals surface area contributed by atoms with E-state index in [1.807, 2.05) is 6.92 Å². The Balaban J connectivity index is 2.54. The summed E-state index contributed by atoms with van der Waals surface area (Å²) in [6.45, 7) is 1.84. The topological polar surface area (TPSA) is 38.9 Å². The van der Waals surface area contributed by atoms with Crippen molar-refractivity contribution >= 4 is 5.82 Å². The first-order valence-corrected chi connectivity index (χ1v) is 4.75. The normalized spacial score (nSPS) is 10.4. The molecule has 2 rings (SSSR count). The largest absolute Gasteiger partial charge is 0.384 e. The van der Waals surface area contributed by atoms with Gasteiger partial charge in [0.2, 0.25) is 0 Å². The van der Waals surface area contributed by atoms with Crippen molar-refractivity contribution in [2.75, 3.05) is 5.73 Å². The third kappa shape index (κ3) is 1.86. The van der Waals surface area contributed by atoms with Gasteiger partial charge in [-0.15, -0.1) is 0 Å². The molecule has 4 heteroatoms. The summed E-state index contributed by atoms with van der Waals surface area (Å²) in [5.74, 6) is -1.32. The van der Waals surface area contributed by atoms with Gasteiger partial charge in [0.05, 0.1) is 0 Å². The monoisotopic (exact) mass is 220 g/mol. The summed E-state index contributed by atoms with van der Waals surface area (Å²) in [5.41, 5.74) is 7.72. The van der Waals surface area contributed by atoms with Gasteiger partial charge >= 0.3 is 0 Å². The van der Waals surface area contributed by atoms with E-state index in [2.05, 4.69) is 4.98 Å². The lowest BCUT2D eigenvalue weighted by Gasteiger charge is -2.06. The van der Waals surface area contributed by atoms with Gasteiger partial charge in [-0.05, 0) is 36.2 Å². The quantitative estimate of drug-likeness (QED) is 0.802. The molecule has 0 atom stereocenters. The Labute approximate surface area is 91.7 Å². The fourth-order valence-electron chi connectivity index (χ4n) is 1.54. The molecule has 16 heavy (non-hydrogen) atoms. The van der Waals surface area contributed by atoms with Crippen molar-refractivity contribution < 1.29 is 8.78 Å². The van der Waals surface area contributed by atoms with Crippen LogP contribution in [0.15, 0.2) is 30.5 Å². The van der Waals surface area contributed by atoms with Crippen LogP contribution in [0.3, 0.4) is 0 Å². The maximum absolute atomic E-state index is 13.1. The van der Waals surface area contributed by atoms with Crippen molar-refractivity contribution in [2.45, 2.75) is 6.92 Å². The summed E-state index contributed by atoms with van der Waals surface area (Å²) >= 11 is 0. The fourth-order valence-corrected chi connectivity index (χ4v) is 1.54. The summed E-state index contributed by atoms with van der Waals surface area (Å²) in [4.78, 5) is 3.93. The summed E-state index contributed by atoms with van der Waals surface area (Å²) < 4.78 is 25.8. The van der Waals surface area contributed by atoms with E-state index >= 15 is 0 Å². The number of nitrogen functional groups attached to an aromatic ring is 1. The Morgan fingerprint density at radius 1 is 1.12 bits per heavy atom. The molecule has 2 aromatic rings. The lowest BCUT2D eigenvalue weighted by Crippen LogP contribution is -1.93. The Morgan fingerprint density at radius 3 is 2.50 bits per heavy atom. The number of halogens is 2. The number of hydrogen-bond acceptors (Lipinski definition) is 2. The van der Waals surface area contributed by atoms with Gasteiger partial charge in [0.1, 0.15) is 5.82 Å². The van der Waals surface area contributed by atoms with E-state index in [0.717, 1.165) is 23.3 Å². The predicted molar refractivity (Wildman–Crippen MR) is 58.7 cm³/mol. The molecule has 0 aliphatic heterocycles. The fraction of sp³-hybridized carbons (Fsp3) is 0.0833. The molecular weight excluding hydrogens is 210 g/mol. The molecule has 2 nitrogen and oxygen atoms in total. The Hall–Kier alpha value is -1.97. The average Bonchev–Trinajstić information content (AvgIpc) is 2.22. The molecule has 2 N–H and O–H groups in total. The number of nitrogens with zero attached hydrogens (tertiary/aromatic N) is 1. The van der Waals surface area contributed by atoms with Crippen LogP contribution in [0, 0.1) is 18.6 Å². The van der Waals surface area contributed by atoms with Crippen LogP contribution in [0.4, 0.5) is 14.6 Å². The lowest BCUT2D eigenvalue weighted by atomic mass is 10.0. The van der Waals surface area contributed by atoms with E-state index in [0.29, 0.717) is 11.4 Å². The summed E-state index contributed by atoms with van der Waals surface area (Å²) in [6.07, 6.45) is 1.55. The van der Waals surface area contributed by atoms with Crippen LogP contribution in [0.25, 0.3) is 11.1 Å². The van der Waals surface area contributed by atoms with Gasteiger partial charge < -0.3 is 5.73 Å². The molecule has 0 amide bonds. The number of aromatic nitrogens is 1. The van der Waals surface area contributed by atoms with Crippen molar-refractivity contribution in [1.82, 2.24) is 4.98 Å². The SMILES string of the molecule is Cc1cc(N)ncc1-c1ccc(F)c(F)c1. The molecule has 1 aromatic carbocycles. The second-order valence-corrected chi connectivity index (χ2v) is 3.55. The van der Waals surface area contributed by atoms with Crippen LogP contribution >= 0.6 is 0 Å². The molecule has 0 spiro atoms. The number of anilines is 1. The van der Waals surface area contributed by atoms with Gasteiger partial charge in [0.15, 0.2) is 11.6 Å². The van der Waals surface area contributed by atoms with Crippen LogP contribution in [0.2, 0.25) is 0 Å². The Morgan fingerprint density at radius 2 is 1.88 bits per heavy atom. The molecule has 0 unspecified atom stereocenters. The van der Waals surface area contributed by atoms with Crippen LogP contribution in [0.1, 0.15) is 5.56 Å². The molecule has 0 saturated carbocycles. The van der Waals surface area contributed by atoms with Gasteiger partial charge in [-0.25, -0.2) is 13.8 Å². The van der Waals surface area contributed by atoms with Gasteiger partial charge in [-0.3, -0.25) is 0 Å². The zero-order chi connectivity index (χ0) is 11.7. The highest BCUT2D eigenvalue weighted by atomic mass is 19.2. The number of rotatable bonds is 1. The van der Waals surface area contributed by atoms with Crippen molar-refractivity contribution in [3.8, 4) is 11.1 Å². The highest BCUT2D eigenvalue weighted by molar-refractivity contribution is 5.67. The molecule has 0 radical (unpaired) electrons. The maximum Gasteiger partial charge on any atom is 0.159 e.